The normalized spacial score (nSPS) is 27.9. The third kappa shape index (κ3) is 6.99. The van der Waals surface area contributed by atoms with Crippen LogP contribution in [0.25, 0.3) is 28.1 Å². The van der Waals surface area contributed by atoms with Crippen LogP contribution >= 0.6 is 0 Å². The highest BCUT2D eigenvalue weighted by molar-refractivity contribution is 5.89. The number of likely N-dealkylation sites (tertiary alicyclic amines) is 2. The summed E-state index contributed by atoms with van der Waals surface area (Å²) in [6.07, 6.45) is 8.99. The summed E-state index contributed by atoms with van der Waals surface area (Å²) in [5, 5.41) is 13.4. The summed E-state index contributed by atoms with van der Waals surface area (Å²) in [6.45, 7) is 9.35. The number of fused-ring (bicyclic) bond motifs is 3. The number of H-pyrrole nitrogens is 1. The number of nitrogens with one attached hydrogen (secondary N) is 5. The number of amides is 4. The van der Waals surface area contributed by atoms with Gasteiger partial charge in [-0.15, -0.1) is 0 Å². The fourth-order valence-corrected chi connectivity index (χ4v) is 11.1. The maximum Gasteiger partial charge on any atom is 0.407 e. The van der Waals surface area contributed by atoms with Crippen molar-refractivity contribution >= 4 is 29.7 Å². The minimum Gasteiger partial charge on any atom is -0.453 e. The van der Waals surface area contributed by atoms with Crippen LogP contribution in [0.5, 0.6) is 0 Å². The van der Waals surface area contributed by atoms with E-state index in [1.807, 2.05) is 43.7 Å². The topological polar surface area (TPSA) is 170 Å². The fraction of sp³-hybridized carbons (Fsp3) is 0.553. The van der Waals surface area contributed by atoms with Crippen molar-refractivity contribution in [3.8, 4) is 22.4 Å². The Balaban J connectivity index is 0.894. The van der Waals surface area contributed by atoms with Crippen molar-refractivity contribution < 1.29 is 28.7 Å². The predicted octanol–water partition coefficient (Wildman–Crippen LogP) is 6.46. The number of aryl methyl sites for hydroxylation is 1. The Morgan fingerprint density at radius 1 is 0.852 bits per heavy atom. The van der Waals surface area contributed by atoms with Gasteiger partial charge in [-0.1, -0.05) is 70.2 Å². The zero-order valence-corrected chi connectivity index (χ0v) is 36.2. The average molecular weight is 833 g/mol. The molecule has 6 aliphatic rings. The fourth-order valence-electron chi connectivity index (χ4n) is 11.1. The van der Waals surface area contributed by atoms with E-state index in [1.54, 1.807) is 0 Å². The Bertz CT molecular complexity index is 2250. The van der Waals surface area contributed by atoms with Gasteiger partial charge in [0.1, 0.15) is 18.0 Å². The number of alkyl carbamates (subject to hydrolysis) is 2. The first-order valence-electron chi connectivity index (χ1n) is 22.3. The molecule has 3 aromatic rings. The van der Waals surface area contributed by atoms with Crippen molar-refractivity contribution in [1.82, 2.24) is 41.0 Å². The second-order valence-corrected chi connectivity index (χ2v) is 18.7. The van der Waals surface area contributed by atoms with Gasteiger partial charge < -0.3 is 45.5 Å². The molecule has 2 saturated heterocycles. The van der Waals surface area contributed by atoms with Crippen molar-refractivity contribution in [2.45, 2.75) is 115 Å². The maximum absolute atomic E-state index is 14.1. The maximum atomic E-state index is 14.1. The molecular formula is C47H60N8O6. The van der Waals surface area contributed by atoms with Gasteiger partial charge in [0.25, 0.3) is 0 Å². The van der Waals surface area contributed by atoms with E-state index in [4.69, 9.17) is 14.5 Å². The van der Waals surface area contributed by atoms with Crippen molar-refractivity contribution in [3.63, 3.8) is 0 Å². The number of aromatic amines is 1. The molecule has 2 aromatic carbocycles. The number of hydrogen-bond acceptors (Lipinski definition) is 9. The van der Waals surface area contributed by atoms with Crippen molar-refractivity contribution in [2.75, 3.05) is 27.3 Å². The second kappa shape index (κ2) is 15.7. The van der Waals surface area contributed by atoms with Gasteiger partial charge in [-0.2, -0.15) is 0 Å². The average Bonchev–Trinajstić information content (AvgIpc) is 3.70. The number of methoxy groups -OCH3 is 2. The third-order valence-electron chi connectivity index (χ3n) is 14.8. The van der Waals surface area contributed by atoms with E-state index >= 15 is 0 Å². The standard InChI is InChI=1S/C47H60N8O6/c1-26(2)38(53-45(59)61-6)41(56)55-21-19-32-23-47(32,55)42-50-34-11-8-7-10-31-22-30(17-18-33(31)39(34)52-42)28-13-15-29(16-14-28)35-25-48-40(49-35)36-12-9-20-54(36)43(57)46(27(3)4)24-37(46)51-44(58)60-5/h13-18,22,25-27,32,36-38,42,50,52H,7-12,19-21,23-24H2,1-6H3,(H,48,49)(H,51,58)(H,53,59)/t32-,36-,37?,38-,42?,46?,47?/m0/s1. The van der Waals surface area contributed by atoms with Crippen LogP contribution in [0.3, 0.4) is 0 Å². The van der Waals surface area contributed by atoms with Crippen LogP contribution in [0.1, 0.15) is 102 Å². The number of piperidine rings is 1. The lowest BCUT2D eigenvalue weighted by atomic mass is 9.89. The van der Waals surface area contributed by atoms with Gasteiger partial charge >= 0.3 is 12.2 Å². The molecule has 0 bridgehead atoms. The number of imidazole rings is 1. The van der Waals surface area contributed by atoms with Crippen LogP contribution in [-0.2, 0) is 25.5 Å². The Labute approximate surface area is 358 Å². The number of nitrogens with zero attached hydrogens (tertiary/aromatic N) is 3. The van der Waals surface area contributed by atoms with Gasteiger partial charge in [0.05, 0.1) is 48.8 Å². The molecule has 3 aliphatic carbocycles. The molecule has 14 heteroatoms. The minimum atomic E-state index is -0.651. The molecule has 4 heterocycles. The van der Waals surface area contributed by atoms with E-state index < -0.39 is 23.6 Å². The Morgan fingerprint density at radius 2 is 1.59 bits per heavy atom. The molecule has 4 fully saturated rings. The first-order valence-corrected chi connectivity index (χ1v) is 22.3. The van der Waals surface area contributed by atoms with Crippen molar-refractivity contribution in [3.05, 3.63) is 71.3 Å². The molecule has 4 amide bonds. The van der Waals surface area contributed by atoms with E-state index in [9.17, 15) is 19.2 Å². The largest absolute Gasteiger partial charge is 0.453 e. The van der Waals surface area contributed by atoms with Crippen LogP contribution in [0, 0.1) is 23.2 Å². The number of carbonyl (C=O) groups excluding carboxylic acids is 4. The molecule has 2 saturated carbocycles. The molecule has 0 radical (unpaired) electrons. The van der Waals surface area contributed by atoms with Crippen LogP contribution in [0.4, 0.5) is 9.59 Å². The number of benzene rings is 2. The lowest BCUT2D eigenvalue weighted by Crippen LogP contribution is -2.60. The highest BCUT2D eigenvalue weighted by Crippen LogP contribution is 2.59. The lowest BCUT2D eigenvalue weighted by molar-refractivity contribution is -0.140. The monoisotopic (exact) mass is 832 g/mol. The highest BCUT2D eigenvalue weighted by Gasteiger charge is 2.69. The summed E-state index contributed by atoms with van der Waals surface area (Å²) < 4.78 is 9.69. The summed E-state index contributed by atoms with van der Waals surface area (Å²) in [6, 6.07) is 14.3. The highest BCUT2D eigenvalue weighted by atomic mass is 16.5. The molecule has 324 valence electrons. The zero-order valence-electron chi connectivity index (χ0n) is 36.2. The first-order chi connectivity index (χ1) is 29.4. The van der Waals surface area contributed by atoms with Gasteiger partial charge in [0.15, 0.2) is 0 Å². The zero-order chi connectivity index (χ0) is 42.8. The minimum absolute atomic E-state index is 0.0431. The van der Waals surface area contributed by atoms with Crippen LogP contribution in [0.2, 0.25) is 0 Å². The number of aromatic nitrogens is 2. The molecule has 9 rings (SSSR count). The lowest BCUT2D eigenvalue weighted by Gasteiger charge is -2.37. The number of carbonyl (C=O) groups is 4. The quantitative estimate of drug-likeness (QED) is 0.154. The summed E-state index contributed by atoms with van der Waals surface area (Å²) in [5.74, 6) is 1.22. The third-order valence-corrected chi connectivity index (χ3v) is 14.8. The van der Waals surface area contributed by atoms with Gasteiger partial charge in [0, 0.05) is 30.4 Å². The molecule has 14 nitrogen and oxygen atoms in total. The number of rotatable bonds is 10. The van der Waals surface area contributed by atoms with Crippen LogP contribution in [0.15, 0.2) is 54.4 Å². The smallest absolute Gasteiger partial charge is 0.407 e. The molecule has 1 aromatic heterocycles. The van der Waals surface area contributed by atoms with Crippen LogP contribution < -0.4 is 21.3 Å². The summed E-state index contributed by atoms with van der Waals surface area (Å²) in [7, 11) is 2.67. The summed E-state index contributed by atoms with van der Waals surface area (Å²) in [5.41, 5.74) is 8.12. The summed E-state index contributed by atoms with van der Waals surface area (Å²) >= 11 is 0. The van der Waals surface area contributed by atoms with E-state index in [-0.39, 0.29) is 47.4 Å². The molecule has 3 aliphatic heterocycles. The Hall–Kier alpha value is -5.53. The number of hydrogen-bond donors (Lipinski definition) is 5. The van der Waals surface area contributed by atoms with Gasteiger partial charge in [0.2, 0.25) is 11.8 Å². The molecule has 5 N–H and O–H groups in total. The van der Waals surface area contributed by atoms with Gasteiger partial charge in [-0.05, 0) is 97.8 Å². The molecule has 61 heavy (non-hydrogen) atoms. The van der Waals surface area contributed by atoms with Crippen molar-refractivity contribution in [1.29, 1.82) is 0 Å². The Kier molecular flexibility index (Phi) is 10.5. The van der Waals surface area contributed by atoms with Crippen LogP contribution in [-0.4, -0.2) is 94.9 Å². The van der Waals surface area contributed by atoms with Crippen molar-refractivity contribution in [2.24, 2.45) is 23.2 Å². The van der Waals surface area contributed by atoms with E-state index in [0.29, 0.717) is 25.4 Å². The molecule has 0 spiro atoms. The van der Waals surface area contributed by atoms with Gasteiger partial charge in [-0.3, -0.25) is 9.59 Å². The molecule has 7 atom stereocenters. The second-order valence-electron chi connectivity index (χ2n) is 18.7. The molecule has 4 unspecified atom stereocenters. The number of allylic oxidation sites excluding steroid dienone is 1. The van der Waals surface area contributed by atoms with Gasteiger partial charge in [-0.25, -0.2) is 14.6 Å². The SMILES string of the molecule is COC(=O)NC1CC1(C(=O)N1CCC[C@H]1c1ncc(-c2ccc(-c3ccc4c(c3)CCCCC3=C4NC(C45C[C@@H]4CCN5C(=O)[C@@H](NC(=O)OC)C(C)C)N3)cc2)[nH]1)C(C)C. The molecular weight excluding hydrogens is 773 g/mol. The Morgan fingerprint density at radius 3 is 2.31 bits per heavy atom. The van der Waals surface area contributed by atoms with E-state index in [2.05, 4.69) is 68.7 Å². The predicted molar refractivity (Wildman–Crippen MR) is 230 cm³/mol. The number of ether oxygens (including phenoxy) is 2. The van der Waals surface area contributed by atoms with E-state index in [0.717, 1.165) is 85.3 Å². The first kappa shape index (κ1) is 40.9. The summed E-state index contributed by atoms with van der Waals surface area (Å²) in [4.78, 5) is 64.7. The van der Waals surface area contributed by atoms with E-state index in [1.165, 1.54) is 31.0 Å².